The third-order valence-electron chi connectivity index (χ3n) is 12.6. The van der Waals surface area contributed by atoms with Crippen LogP contribution in [0.2, 0.25) is 0 Å². The molecule has 8 aromatic carbocycles. The maximum Gasteiger partial charge on any atom is 0.0713 e. The highest BCUT2D eigenvalue weighted by Crippen LogP contribution is 2.47. The Labute approximate surface area is 340 Å². The molecule has 2 nitrogen and oxygen atoms in total. The van der Waals surface area contributed by atoms with Crippen molar-refractivity contribution in [3.05, 3.63) is 222 Å². The Morgan fingerprint density at radius 2 is 1.31 bits per heavy atom. The van der Waals surface area contributed by atoms with Crippen LogP contribution in [0.25, 0.3) is 71.3 Å². The molecule has 0 bridgehead atoms. The average molecular weight is 745 g/mol. The number of fused-ring (bicyclic) bond motifs is 8. The SMILES string of the molecule is CCCC1C=CC=C/C1=C(/Nn1c2ccccc2c2cc3c(cc21)CC(c1ccccc1)c1cc2ccccc2cc1-3)c1ccc(-c2cccc3ccccc23)cc1. The first kappa shape index (κ1) is 34.4. The zero-order valence-electron chi connectivity index (χ0n) is 32.7. The molecular weight excluding hydrogens is 701 g/mol. The second kappa shape index (κ2) is 14.2. The molecule has 2 aliphatic rings. The Kier molecular flexibility index (Phi) is 8.43. The van der Waals surface area contributed by atoms with E-state index < -0.39 is 0 Å². The lowest BCUT2D eigenvalue weighted by Gasteiger charge is -2.29. The number of hydrogen-bond donors (Lipinski definition) is 1. The van der Waals surface area contributed by atoms with E-state index in [1.54, 1.807) is 0 Å². The second-order valence-electron chi connectivity index (χ2n) is 16.0. The molecule has 278 valence electrons. The summed E-state index contributed by atoms with van der Waals surface area (Å²) in [6.07, 6.45) is 12.2. The summed E-state index contributed by atoms with van der Waals surface area (Å²) in [5.41, 5.74) is 19.4. The van der Waals surface area contributed by atoms with Crippen molar-refractivity contribution in [3.8, 4) is 22.3 Å². The van der Waals surface area contributed by atoms with Gasteiger partial charge in [-0.15, -0.1) is 0 Å². The molecule has 2 atom stereocenters. The molecule has 58 heavy (non-hydrogen) atoms. The van der Waals surface area contributed by atoms with E-state index in [0.717, 1.165) is 25.0 Å². The van der Waals surface area contributed by atoms with Crippen LogP contribution in [0.15, 0.2) is 200 Å². The lowest BCUT2D eigenvalue weighted by molar-refractivity contribution is 0.667. The zero-order chi connectivity index (χ0) is 38.6. The average Bonchev–Trinajstić information content (AvgIpc) is 3.59. The molecule has 2 heteroatoms. The first-order chi connectivity index (χ1) is 28.7. The van der Waals surface area contributed by atoms with Crippen LogP contribution in [0.4, 0.5) is 0 Å². The smallest absolute Gasteiger partial charge is 0.0713 e. The fourth-order valence-electron chi connectivity index (χ4n) is 9.81. The Balaban J connectivity index is 1.10. The summed E-state index contributed by atoms with van der Waals surface area (Å²) in [6, 6.07) is 63.1. The first-order valence-corrected chi connectivity index (χ1v) is 20.8. The molecule has 1 N–H and O–H groups in total. The third kappa shape index (κ3) is 5.79. The summed E-state index contributed by atoms with van der Waals surface area (Å²) >= 11 is 0. The molecule has 9 aromatic rings. The summed E-state index contributed by atoms with van der Waals surface area (Å²) in [5.74, 6) is 0.581. The number of rotatable bonds is 7. The molecule has 0 amide bonds. The lowest BCUT2D eigenvalue weighted by Crippen LogP contribution is -2.18. The Hall–Kier alpha value is -6.90. The number of para-hydroxylation sites is 1. The molecule has 0 fully saturated rings. The maximum absolute atomic E-state index is 4.11. The molecule has 0 saturated carbocycles. The Morgan fingerprint density at radius 3 is 2.14 bits per heavy atom. The van der Waals surface area contributed by atoms with Gasteiger partial charge in [-0.05, 0) is 115 Å². The predicted molar refractivity (Wildman–Crippen MR) is 247 cm³/mol. The number of hydrogen-bond acceptors (Lipinski definition) is 1. The summed E-state index contributed by atoms with van der Waals surface area (Å²) in [6.45, 7) is 2.29. The highest BCUT2D eigenvalue weighted by Gasteiger charge is 2.29. The standard InChI is InChI=1S/C56H44N2/c1-2-15-37-18-9-11-24-47(37)56(41-30-28-40(29-31-41)46-26-14-22-38-19-8-10-23-45(38)46)57-58-54-27-13-12-25-48(54)53-36-50-44(35-55(53)58)34-49(39-16-4-3-5-17-39)51-32-42-20-6-7-21-43(42)33-52(50)51/h3-14,16-33,35-37,49,57H,2,15,34H2,1H3/b56-47-. The van der Waals surface area contributed by atoms with Crippen molar-refractivity contribution < 1.29 is 0 Å². The number of allylic oxidation sites excluding steroid dienone is 5. The first-order valence-electron chi connectivity index (χ1n) is 20.8. The van der Waals surface area contributed by atoms with Gasteiger partial charge in [0.1, 0.15) is 0 Å². The fraction of sp³-hybridized carbons (Fsp3) is 0.107. The number of benzene rings is 8. The molecule has 0 spiro atoms. The van der Waals surface area contributed by atoms with Crippen molar-refractivity contribution in [2.24, 2.45) is 5.92 Å². The summed E-state index contributed by atoms with van der Waals surface area (Å²) in [7, 11) is 0. The van der Waals surface area contributed by atoms with E-state index in [0.29, 0.717) is 5.92 Å². The topological polar surface area (TPSA) is 17.0 Å². The van der Waals surface area contributed by atoms with Crippen LogP contribution >= 0.6 is 0 Å². The molecule has 2 aliphatic carbocycles. The molecular formula is C56H44N2. The number of nitrogens with zero attached hydrogens (tertiary/aromatic N) is 1. The highest BCUT2D eigenvalue weighted by atomic mass is 15.4. The molecule has 2 unspecified atom stereocenters. The van der Waals surface area contributed by atoms with Gasteiger partial charge in [-0.2, -0.15) is 0 Å². The van der Waals surface area contributed by atoms with Gasteiger partial charge in [-0.25, -0.2) is 0 Å². The van der Waals surface area contributed by atoms with Gasteiger partial charge in [0.2, 0.25) is 0 Å². The van der Waals surface area contributed by atoms with Gasteiger partial charge in [0.05, 0.1) is 16.7 Å². The van der Waals surface area contributed by atoms with Gasteiger partial charge < -0.3 is 0 Å². The van der Waals surface area contributed by atoms with Gasteiger partial charge in [-0.1, -0.05) is 177 Å². The molecule has 0 radical (unpaired) electrons. The van der Waals surface area contributed by atoms with E-state index in [2.05, 4.69) is 211 Å². The van der Waals surface area contributed by atoms with Crippen LogP contribution in [-0.2, 0) is 6.42 Å². The van der Waals surface area contributed by atoms with Crippen molar-refractivity contribution >= 4 is 49.0 Å². The van der Waals surface area contributed by atoms with E-state index in [-0.39, 0.29) is 5.92 Å². The minimum atomic E-state index is 0.267. The molecule has 11 rings (SSSR count). The zero-order valence-corrected chi connectivity index (χ0v) is 32.7. The maximum atomic E-state index is 4.11. The van der Waals surface area contributed by atoms with Crippen LogP contribution in [0, 0.1) is 5.92 Å². The van der Waals surface area contributed by atoms with Gasteiger partial charge >= 0.3 is 0 Å². The monoisotopic (exact) mass is 744 g/mol. The summed E-state index contributed by atoms with van der Waals surface area (Å²) < 4.78 is 2.37. The lowest BCUT2D eigenvalue weighted by atomic mass is 9.74. The predicted octanol–water partition coefficient (Wildman–Crippen LogP) is 14.6. The van der Waals surface area contributed by atoms with Crippen LogP contribution in [0.1, 0.15) is 47.9 Å². The quantitative estimate of drug-likeness (QED) is 0.172. The van der Waals surface area contributed by atoms with Gasteiger partial charge in [0.25, 0.3) is 0 Å². The van der Waals surface area contributed by atoms with Crippen molar-refractivity contribution in [3.63, 3.8) is 0 Å². The van der Waals surface area contributed by atoms with E-state index in [9.17, 15) is 0 Å². The number of aromatic nitrogens is 1. The van der Waals surface area contributed by atoms with Crippen molar-refractivity contribution in [1.29, 1.82) is 0 Å². The molecule has 1 heterocycles. The van der Waals surface area contributed by atoms with Crippen LogP contribution in [-0.4, -0.2) is 4.68 Å². The fourth-order valence-corrected chi connectivity index (χ4v) is 9.81. The van der Waals surface area contributed by atoms with E-state index >= 15 is 0 Å². The largest absolute Gasteiger partial charge is 0.293 e. The summed E-state index contributed by atoms with van der Waals surface area (Å²) in [4.78, 5) is 0. The van der Waals surface area contributed by atoms with Gasteiger partial charge in [-0.3, -0.25) is 10.1 Å². The number of nitrogens with one attached hydrogen (secondary N) is 1. The third-order valence-corrected chi connectivity index (χ3v) is 12.6. The minimum absolute atomic E-state index is 0.267. The van der Waals surface area contributed by atoms with Crippen LogP contribution < -0.4 is 5.43 Å². The molecule has 0 aliphatic heterocycles. The normalized spacial score (nSPS) is 16.8. The van der Waals surface area contributed by atoms with Gasteiger partial charge in [0, 0.05) is 22.6 Å². The van der Waals surface area contributed by atoms with Crippen molar-refractivity contribution in [2.75, 3.05) is 5.43 Å². The molecule has 1 aromatic heterocycles. The van der Waals surface area contributed by atoms with E-state index in [1.165, 1.54) is 93.4 Å². The van der Waals surface area contributed by atoms with Crippen LogP contribution in [0.5, 0.6) is 0 Å². The van der Waals surface area contributed by atoms with E-state index in [4.69, 9.17) is 0 Å². The Bertz CT molecular complexity index is 3120. The van der Waals surface area contributed by atoms with Gasteiger partial charge in [0.15, 0.2) is 0 Å². The molecule has 0 saturated heterocycles. The summed E-state index contributed by atoms with van der Waals surface area (Å²) in [5, 5.41) is 7.63. The van der Waals surface area contributed by atoms with Crippen molar-refractivity contribution in [2.45, 2.75) is 32.1 Å². The minimum Gasteiger partial charge on any atom is -0.293 e. The van der Waals surface area contributed by atoms with Crippen LogP contribution in [0.3, 0.4) is 0 Å². The van der Waals surface area contributed by atoms with Crippen molar-refractivity contribution in [1.82, 2.24) is 4.68 Å². The van der Waals surface area contributed by atoms with E-state index in [1.807, 2.05) is 0 Å². The highest BCUT2D eigenvalue weighted by molar-refractivity contribution is 6.11. The second-order valence-corrected chi connectivity index (χ2v) is 16.0. The Morgan fingerprint density at radius 1 is 0.586 bits per heavy atom.